The highest BCUT2D eigenvalue weighted by molar-refractivity contribution is 5.72. The Labute approximate surface area is 168 Å². The Hall–Kier alpha value is -2.70. The predicted octanol–water partition coefficient (Wildman–Crippen LogP) is -2.07. The number of quaternary nitrogens is 2. The van der Waals surface area contributed by atoms with Gasteiger partial charge in [-0.05, 0) is 12.8 Å². The van der Waals surface area contributed by atoms with Gasteiger partial charge in [0.15, 0.2) is 0 Å². The predicted molar refractivity (Wildman–Crippen MR) is 105 cm³/mol. The molecule has 0 aromatic heterocycles. The minimum Gasteiger partial charge on any atom is -0.550 e. The van der Waals surface area contributed by atoms with Crippen molar-refractivity contribution in [2.24, 2.45) is 0 Å². The normalized spacial score (nSPS) is 9.79. The first-order chi connectivity index (χ1) is 13.2. The molecule has 0 spiro atoms. The summed E-state index contributed by atoms with van der Waals surface area (Å²) in [6.07, 6.45) is -0.940. The quantitative estimate of drug-likeness (QED) is 0.570. The molecule has 0 amide bonds. The summed E-state index contributed by atoms with van der Waals surface area (Å²) in [5.41, 5.74) is 2.81. The van der Waals surface area contributed by atoms with Gasteiger partial charge in [-0.15, -0.1) is 0 Å². The first kappa shape index (κ1) is 25.3. The van der Waals surface area contributed by atoms with Crippen LogP contribution in [0.5, 0.6) is 0 Å². The molecule has 0 atom stereocenters. The van der Waals surface area contributed by atoms with Gasteiger partial charge in [0.25, 0.3) is 0 Å². The van der Waals surface area contributed by atoms with E-state index in [0.717, 1.165) is 13.1 Å². The van der Waals surface area contributed by atoms with E-state index < -0.39 is 24.8 Å². The van der Waals surface area contributed by atoms with Crippen LogP contribution in [-0.4, -0.2) is 40.1 Å². The SMILES string of the molecule is C[NH+](C)Cc1ccccc1.C[NH+](C)Cc1ccccc1.O=C([O-])CCC(=O)[O-]. The van der Waals surface area contributed by atoms with Gasteiger partial charge in [0.2, 0.25) is 0 Å². The van der Waals surface area contributed by atoms with E-state index >= 15 is 0 Å². The summed E-state index contributed by atoms with van der Waals surface area (Å²) < 4.78 is 0. The second kappa shape index (κ2) is 15.4. The number of carbonyl (C=O) groups excluding carboxylic acids is 2. The third-order valence-corrected chi connectivity index (χ3v) is 3.33. The Morgan fingerprint density at radius 2 is 0.929 bits per heavy atom. The molecular formula is C22H32N2O4. The number of nitrogens with one attached hydrogen (secondary N) is 2. The molecule has 0 bridgehead atoms. The minimum atomic E-state index is -1.37. The first-order valence-corrected chi connectivity index (χ1v) is 9.26. The number of rotatable bonds is 7. The number of hydrogen-bond donors (Lipinski definition) is 2. The van der Waals surface area contributed by atoms with Crippen molar-refractivity contribution in [3.8, 4) is 0 Å². The fourth-order valence-corrected chi connectivity index (χ4v) is 2.21. The fourth-order valence-electron chi connectivity index (χ4n) is 2.21. The molecule has 0 fully saturated rings. The highest BCUT2D eigenvalue weighted by Crippen LogP contribution is 1.95. The van der Waals surface area contributed by atoms with Gasteiger partial charge in [-0.25, -0.2) is 0 Å². The van der Waals surface area contributed by atoms with Crippen molar-refractivity contribution in [1.82, 2.24) is 0 Å². The Bertz CT molecular complexity index is 599. The van der Waals surface area contributed by atoms with Gasteiger partial charge < -0.3 is 29.6 Å². The molecule has 0 aliphatic carbocycles. The second-order valence-corrected chi connectivity index (χ2v) is 6.98. The summed E-state index contributed by atoms with van der Waals surface area (Å²) in [4.78, 5) is 21.9. The van der Waals surface area contributed by atoms with Crippen LogP contribution in [0.1, 0.15) is 24.0 Å². The number of carbonyl (C=O) groups is 2. The lowest BCUT2D eigenvalue weighted by atomic mass is 10.2. The monoisotopic (exact) mass is 388 g/mol. The molecule has 0 saturated heterocycles. The molecule has 0 saturated carbocycles. The lowest BCUT2D eigenvalue weighted by Crippen LogP contribution is -3.04. The average Bonchev–Trinajstić information content (AvgIpc) is 2.62. The van der Waals surface area contributed by atoms with E-state index in [4.69, 9.17) is 0 Å². The summed E-state index contributed by atoms with van der Waals surface area (Å²) in [6, 6.07) is 21.1. The molecular weight excluding hydrogens is 356 g/mol. The van der Waals surface area contributed by atoms with Gasteiger partial charge in [0.05, 0.1) is 28.2 Å². The maximum atomic E-state index is 9.50. The van der Waals surface area contributed by atoms with Crippen LogP contribution in [0, 0.1) is 0 Å². The molecule has 2 aromatic rings. The minimum absolute atomic E-state index is 0.470. The van der Waals surface area contributed by atoms with Crippen LogP contribution in [0.15, 0.2) is 60.7 Å². The lowest BCUT2D eigenvalue weighted by Gasteiger charge is -2.05. The van der Waals surface area contributed by atoms with Gasteiger partial charge in [-0.2, -0.15) is 0 Å². The molecule has 2 aromatic carbocycles. The van der Waals surface area contributed by atoms with Crippen molar-refractivity contribution in [3.05, 3.63) is 71.8 Å². The number of benzene rings is 2. The molecule has 2 rings (SSSR count). The Balaban J connectivity index is 0.000000394. The molecule has 28 heavy (non-hydrogen) atoms. The van der Waals surface area contributed by atoms with Crippen molar-refractivity contribution in [3.63, 3.8) is 0 Å². The van der Waals surface area contributed by atoms with Gasteiger partial charge in [0, 0.05) is 23.1 Å². The van der Waals surface area contributed by atoms with Gasteiger partial charge in [-0.1, -0.05) is 60.7 Å². The first-order valence-electron chi connectivity index (χ1n) is 9.26. The van der Waals surface area contributed by atoms with E-state index in [0.29, 0.717) is 0 Å². The highest BCUT2D eigenvalue weighted by atomic mass is 16.4. The summed E-state index contributed by atoms with van der Waals surface area (Å²) in [5.74, 6) is -2.73. The Morgan fingerprint density at radius 1 is 0.643 bits per heavy atom. The van der Waals surface area contributed by atoms with Gasteiger partial charge >= 0.3 is 0 Å². The molecule has 154 valence electrons. The number of carboxylic acid groups (broad SMARTS) is 2. The van der Waals surface area contributed by atoms with Crippen LogP contribution in [0.4, 0.5) is 0 Å². The molecule has 0 aliphatic rings. The summed E-state index contributed by atoms with van der Waals surface area (Å²) in [5, 5.41) is 19.0. The molecule has 0 radical (unpaired) electrons. The largest absolute Gasteiger partial charge is 0.550 e. The van der Waals surface area contributed by atoms with E-state index in [1.165, 1.54) is 20.9 Å². The van der Waals surface area contributed by atoms with Gasteiger partial charge in [-0.3, -0.25) is 0 Å². The van der Waals surface area contributed by atoms with Crippen LogP contribution in [0.3, 0.4) is 0 Å². The molecule has 2 N–H and O–H groups in total. The Kier molecular flexibility index (Phi) is 13.9. The zero-order valence-corrected chi connectivity index (χ0v) is 17.2. The summed E-state index contributed by atoms with van der Waals surface area (Å²) in [6.45, 7) is 2.22. The highest BCUT2D eigenvalue weighted by Gasteiger charge is 1.94. The smallest absolute Gasteiger partial charge is 0.102 e. The topological polar surface area (TPSA) is 89.1 Å². The van der Waals surface area contributed by atoms with E-state index in [9.17, 15) is 19.8 Å². The second-order valence-electron chi connectivity index (χ2n) is 6.98. The zero-order valence-electron chi connectivity index (χ0n) is 17.2. The van der Waals surface area contributed by atoms with Crippen molar-refractivity contribution >= 4 is 11.9 Å². The van der Waals surface area contributed by atoms with E-state index in [-0.39, 0.29) is 0 Å². The van der Waals surface area contributed by atoms with Crippen LogP contribution < -0.4 is 20.0 Å². The van der Waals surface area contributed by atoms with Crippen molar-refractivity contribution in [1.29, 1.82) is 0 Å². The van der Waals surface area contributed by atoms with Crippen LogP contribution in [0.2, 0.25) is 0 Å². The average molecular weight is 389 g/mol. The lowest BCUT2D eigenvalue weighted by molar-refractivity contribution is -0.872. The standard InChI is InChI=1S/2C9H13N.C4H6O4/c2*1-10(2)8-9-6-4-3-5-7-9;5-3(6)1-2-4(7)8/h2*3-7H,8H2,1-2H3;1-2H2,(H,5,6)(H,7,8). The number of aliphatic carboxylic acids is 2. The molecule has 0 aliphatic heterocycles. The van der Waals surface area contributed by atoms with Gasteiger partial charge in [0.1, 0.15) is 13.1 Å². The van der Waals surface area contributed by atoms with Crippen LogP contribution in [-0.2, 0) is 22.7 Å². The van der Waals surface area contributed by atoms with Crippen molar-refractivity contribution in [2.45, 2.75) is 25.9 Å². The molecule has 0 heterocycles. The third kappa shape index (κ3) is 16.8. The maximum Gasteiger partial charge on any atom is 0.102 e. The maximum absolute atomic E-state index is 9.50. The molecule has 0 unspecified atom stereocenters. The van der Waals surface area contributed by atoms with E-state index in [2.05, 4.69) is 88.9 Å². The third-order valence-electron chi connectivity index (χ3n) is 3.33. The van der Waals surface area contributed by atoms with Crippen molar-refractivity contribution in [2.75, 3.05) is 28.2 Å². The fraction of sp³-hybridized carbons (Fsp3) is 0.364. The van der Waals surface area contributed by atoms with Crippen LogP contribution in [0.25, 0.3) is 0 Å². The Morgan fingerprint density at radius 3 is 1.14 bits per heavy atom. The molecule has 6 nitrogen and oxygen atoms in total. The van der Waals surface area contributed by atoms with Crippen molar-refractivity contribution < 1.29 is 29.6 Å². The number of carboxylic acids is 2. The molecule has 6 heteroatoms. The van der Waals surface area contributed by atoms with E-state index in [1.54, 1.807) is 0 Å². The summed E-state index contributed by atoms with van der Waals surface area (Å²) in [7, 11) is 8.64. The van der Waals surface area contributed by atoms with E-state index in [1.807, 2.05) is 0 Å². The summed E-state index contributed by atoms with van der Waals surface area (Å²) >= 11 is 0. The zero-order chi connectivity index (χ0) is 21.4. The number of hydrogen-bond acceptors (Lipinski definition) is 4. The van der Waals surface area contributed by atoms with Crippen LogP contribution >= 0.6 is 0 Å².